The molecule has 0 atom stereocenters. The molecule has 17 heavy (non-hydrogen) atoms. The van der Waals surface area contributed by atoms with Gasteiger partial charge in [-0.25, -0.2) is 8.42 Å². The van der Waals surface area contributed by atoms with Gasteiger partial charge in [-0.3, -0.25) is 4.68 Å². The van der Waals surface area contributed by atoms with Gasteiger partial charge in [-0.1, -0.05) is 11.6 Å². The molecular formula is C9H16ClN3O3S. The Morgan fingerprint density at radius 1 is 1.59 bits per heavy atom. The van der Waals surface area contributed by atoms with Crippen molar-refractivity contribution in [1.82, 2.24) is 14.1 Å². The number of halogens is 1. The number of rotatable bonds is 4. The van der Waals surface area contributed by atoms with Crippen LogP contribution in [0.2, 0.25) is 5.02 Å². The van der Waals surface area contributed by atoms with Gasteiger partial charge in [0.1, 0.15) is 0 Å². The third-order valence-corrected chi connectivity index (χ3v) is 4.42. The van der Waals surface area contributed by atoms with Gasteiger partial charge in [-0.15, -0.1) is 0 Å². The number of likely N-dealkylation sites (N-methyl/N-ethyl adjacent to an activating group) is 1. The lowest BCUT2D eigenvalue weighted by Crippen LogP contribution is -2.40. The second-order valence-electron chi connectivity index (χ2n) is 4.49. The lowest BCUT2D eigenvalue weighted by Gasteiger charge is -2.25. The first kappa shape index (κ1) is 14.4. The van der Waals surface area contributed by atoms with E-state index in [1.165, 1.54) is 38.8 Å². The highest BCUT2D eigenvalue weighted by Crippen LogP contribution is 2.23. The normalized spacial score (nSPS) is 13.4. The second kappa shape index (κ2) is 4.56. The largest absolute Gasteiger partial charge is 0.389 e. The van der Waals surface area contributed by atoms with Gasteiger partial charge in [-0.05, 0) is 13.8 Å². The molecule has 8 heteroatoms. The molecule has 6 nitrogen and oxygen atoms in total. The van der Waals surface area contributed by atoms with Gasteiger partial charge in [0.2, 0.25) is 0 Å². The Morgan fingerprint density at radius 3 is 2.47 bits per heavy atom. The standard InChI is InChI=1S/C9H16ClN3O3S/c1-9(2,14)6-12(3)17(15,16)8-7(10)5-11-13(8)4/h5,14H,6H2,1-4H3. The summed E-state index contributed by atoms with van der Waals surface area (Å²) in [6, 6.07) is 0. The van der Waals surface area contributed by atoms with E-state index in [0.29, 0.717) is 0 Å². The van der Waals surface area contributed by atoms with Crippen LogP contribution in [0.25, 0.3) is 0 Å². The first-order valence-electron chi connectivity index (χ1n) is 4.92. The van der Waals surface area contributed by atoms with Crippen LogP contribution in [0.15, 0.2) is 11.2 Å². The molecule has 1 N–H and O–H groups in total. The third-order valence-electron chi connectivity index (χ3n) is 2.11. The highest BCUT2D eigenvalue weighted by atomic mass is 35.5. The molecule has 0 radical (unpaired) electrons. The predicted molar refractivity (Wildman–Crippen MR) is 64.3 cm³/mol. The molecule has 0 aliphatic heterocycles. The maximum Gasteiger partial charge on any atom is 0.261 e. The quantitative estimate of drug-likeness (QED) is 0.870. The van der Waals surface area contributed by atoms with Gasteiger partial charge in [0.05, 0.1) is 16.8 Å². The van der Waals surface area contributed by atoms with Crippen molar-refractivity contribution in [2.45, 2.75) is 24.5 Å². The van der Waals surface area contributed by atoms with Crippen LogP contribution in [0.1, 0.15) is 13.8 Å². The summed E-state index contributed by atoms with van der Waals surface area (Å²) in [5.41, 5.74) is -1.12. The number of hydrogen-bond donors (Lipinski definition) is 1. The zero-order valence-corrected chi connectivity index (χ0v) is 11.7. The summed E-state index contributed by atoms with van der Waals surface area (Å²) in [4.78, 5) is 0. The summed E-state index contributed by atoms with van der Waals surface area (Å²) < 4.78 is 26.6. The zero-order valence-electron chi connectivity index (χ0n) is 10.2. The van der Waals surface area contributed by atoms with Crippen LogP contribution in [-0.4, -0.2) is 46.8 Å². The summed E-state index contributed by atoms with van der Waals surface area (Å²) in [6.45, 7) is 3.03. The molecule has 0 aliphatic rings. The van der Waals surface area contributed by atoms with E-state index < -0.39 is 15.6 Å². The first-order valence-corrected chi connectivity index (χ1v) is 6.74. The molecule has 1 heterocycles. The Balaban J connectivity index is 3.13. The Morgan fingerprint density at radius 2 is 2.12 bits per heavy atom. The van der Waals surface area contributed by atoms with Crippen molar-refractivity contribution < 1.29 is 13.5 Å². The van der Waals surface area contributed by atoms with Crippen LogP contribution < -0.4 is 0 Å². The van der Waals surface area contributed by atoms with Crippen molar-refractivity contribution in [2.24, 2.45) is 7.05 Å². The number of nitrogens with zero attached hydrogens (tertiary/aromatic N) is 3. The molecule has 0 saturated carbocycles. The van der Waals surface area contributed by atoms with Crippen LogP contribution >= 0.6 is 11.6 Å². The van der Waals surface area contributed by atoms with Gasteiger partial charge in [-0.2, -0.15) is 9.40 Å². The molecule has 98 valence electrons. The minimum Gasteiger partial charge on any atom is -0.389 e. The van der Waals surface area contributed by atoms with Crippen molar-refractivity contribution in [3.05, 3.63) is 11.2 Å². The van der Waals surface area contributed by atoms with E-state index in [0.717, 1.165) is 4.31 Å². The Hall–Kier alpha value is -0.630. The van der Waals surface area contributed by atoms with Crippen molar-refractivity contribution in [3.8, 4) is 0 Å². The third kappa shape index (κ3) is 3.19. The van der Waals surface area contributed by atoms with Crippen LogP contribution in [0.5, 0.6) is 0 Å². The molecule has 0 spiro atoms. The lowest BCUT2D eigenvalue weighted by atomic mass is 10.1. The minimum atomic E-state index is -3.75. The monoisotopic (exact) mass is 281 g/mol. The van der Waals surface area contributed by atoms with E-state index >= 15 is 0 Å². The average Bonchev–Trinajstić information content (AvgIpc) is 2.43. The summed E-state index contributed by atoms with van der Waals surface area (Å²) in [6.07, 6.45) is 1.27. The number of aromatic nitrogens is 2. The highest BCUT2D eigenvalue weighted by Gasteiger charge is 2.30. The molecule has 0 aliphatic carbocycles. The van der Waals surface area contributed by atoms with Gasteiger partial charge in [0.25, 0.3) is 10.0 Å². The Kier molecular flexibility index (Phi) is 3.87. The van der Waals surface area contributed by atoms with Crippen LogP contribution in [0.4, 0.5) is 0 Å². The van der Waals surface area contributed by atoms with Crippen LogP contribution in [-0.2, 0) is 17.1 Å². The fourth-order valence-corrected chi connectivity index (χ4v) is 3.39. The fraction of sp³-hybridized carbons (Fsp3) is 0.667. The molecule has 0 saturated heterocycles. The van der Waals surface area contributed by atoms with Gasteiger partial charge in [0.15, 0.2) is 5.03 Å². The molecule has 0 amide bonds. The van der Waals surface area contributed by atoms with Crippen molar-refractivity contribution in [3.63, 3.8) is 0 Å². The van der Waals surface area contributed by atoms with E-state index in [1.54, 1.807) is 0 Å². The van der Waals surface area contributed by atoms with Crippen molar-refractivity contribution in [1.29, 1.82) is 0 Å². The molecule has 1 rings (SSSR count). The Labute approximate surface area is 106 Å². The predicted octanol–water partition coefficient (Wildman–Crippen LogP) is 0.465. The average molecular weight is 282 g/mol. The molecular weight excluding hydrogens is 266 g/mol. The highest BCUT2D eigenvalue weighted by molar-refractivity contribution is 7.89. The molecule has 0 bridgehead atoms. The summed E-state index contributed by atoms with van der Waals surface area (Å²) in [5.74, 6) is 0. The SMILES string of the molecule is CN(CC(C)(C)O)S(=O)(=O)c1c(Cl)cnn1C. The molecule has 0 aromatic carbocycles. The van der Waals surface area contributed by atoms with Crippen LogP contribution in [0, 0.1) is 0 Å². The van der Waals surface area contributed by atoms with E-state index in [2.05, 4.69) is 5.10 Å². The summed E-state index contributed by atoms with van der Waals surface area (Å²) in [7, 11) is -0.866. The smallest absolute Gasteiger partial charge is 0.261 e. The van der Waals surface area contributed by atoms with E-state index in [1.807, 2.05) is 0 Å². The topological polar surface area (TPSA) is 75.4 Å². The van der Waals surface area contributed by atoms with E-state index in [-0.39, 0.29) is 16.6 Å². The van der Waals surface area contributed by atoms with Crippen molar-refractivity contribution in [2.75, 3.05) is 13.6 Å². The zero-order chi connectivity index (χ0) is 13.4. The van der Waals surface area contributed by atoms with Gasteiger partial charge >= 0.3 is 0 Å². The number of hydrogen-bond acceptors (Lipinski definition) is 4. The maximum atomic E-state index is 12.2. The van der Waals surface area contributed by atoms with E-state index in [9.17, 15) is 13.5 Å². The lowest BCUT2D eigenvalue weighted by molar-refractivity contribution is 0.0639. The summed E-state index contributed by atoms with van der Waals surface area (Å²) >= 11 is 5.79. The maximum absolute atomic E-state index is 12.2. The van der Waals surface area contributed by atoms with Crippen molar-refractivity contribution >= 4 is 21.6 Å². The molecule has 1 aromatic heterocycles. The minimum absolute atomic E-state index is 0.0309. The van der Waals surface area contributed by atoms with Gasteiger partial charge in [0, 0.05) is 20.6 Å². The summed E-state index contributed by atoms with van der Waals surface area (Å²) in [5, 5.41) is 13.4. The fourth-order valence-electron chi connectivity index (χ4n) is 1.47. The first-order chi connectivity index (χ1) is 7.55. The Bertz CT molecular complexity index is 485. The molecule has 0 unspecified atom stereocenters. The number of aryl methyl sites for hydroxylation is 1. The molecule has 0 fully saturated rings. The van der Waals surface area contributed by atoms with E-state index in [4.69, 9.17) is 11.6 Å². The number of aliphatic hydroxyl groups is 1. The molecule has 1 aromatic rings. The second-order valence-corrected chi connectivity index (χ2v) is 6.86. The number of sulfonamides is 1. The van der Waals surface area contributed by atoms with Gasteiger partial charge < -0.3 is 5.11 Å². The van der Waals surface area contributed by atoms with Crippen LogP contribution in [0.3, 0.4) is 0 Å².